The van der Waals surface area contributed by atoms with Crippen molar-refractivity contribution in [1.82, 2.24) is 4.98 Å². The Labute approximate surface area is 127 Å². The van der Waals surface area contributed by atoms with Gasteiger partial charge in [0.15, 0.2) is 0 Å². The lowest BCUT2D eigenvalue weighted by atomic mass is 10.2. The Morgan fingerprint density at radius 2 is 2.17 bits per heavy atom. The predicted molar refractivity (Wildman–Crippen MR) is 83.8 cm³/mol. The third kappa shape index (κ3) is 3.29. The van der Waals surface area contributed by atoms with Crippen molar-refractivity contribution in [2.75, 3.05) is 5.32 Å². The molecule has 0 aliphatic carbocycles. The van der Waals surface area contributed by atoms with Gasteiger partial charge in [-0.3, -0.25) is 4.79 Å². The van der Waals surface area contributed by atoms with Crippen molar-refractivity contribution in [1.29, 1.82) is 0 Å². The lowest BCUT2D eigenvalue weighted by Gasteiger charge is -2.06. The summed E-state index contributed by atoms with van der Waals surface area (Å²) < 4.78 is 1.82. The number of nitrogens with one attached hydrogen (secondary N) is 1. The van der Waals surface area contributed by atoms with Crippen molar-refractivity contribution >= 4 is 50.1 Å². The molecule has 1 heterocycles. The Morgan fingerprint density at radius 3 is 2.83 bits per heavy atom. The number of rotatable bonds is 2. The van der Waals surface area contributed by atoms with Crippen LogP contribution in [0.1, 0.15) is 15.9 Å². The zero-order valence-electron chi connectivity index (χ0n) is 9.58. The van der Waals surface area contributed by atoms with Crippen LogP contribution in [0.3, 0.4) is 0 Å². The zero-order valence-corrected chi connectivity index (χ0v) is 13.3. The minimum absolute atomic E-state index is 0.128. The van der Waals surface area contributed by atoms with E-state index in [4.69, 9.17) is 0 Å². The number of hydrogen-bond acceptors (Lipinski definition) is 2. The maximum atomic E-state index is 12.0. The molecule has 0 aliphatic rings. The van der Waals surface area contributed by atoms with Gasteiger partial charge in [0.05, 0.1) is 11.9 Å². The highest BCUT2D eigenvalue weighted by Gasteiger charge is 2.07. The smallest absolute Gasteiger partial charge is 0.255 e. The number of anilines is 1. The summed E-state index contributed by atoms with van der Waals surface area (Å²) in [5.41, 5.74) is 2.32. The number of pyridine rings is 1. The number of aromatic nitrogens is 1. The highest BCUT2D eigenvalue weighted by Crippen LogP contribution is 2.17. The first kappa shape index (κ1) is 13.5. The summed E-state index contributed by atoms with van der Waals surface area (Å²) in [7, 11) is 0. The van der Waals surface area contributed by atoms with Crippen LogP contribution in [-0.4, -0.2) is 10.9 Å². The molecule has 2 aromatic rings. The van der Waals surface area contributed by atoms with Crippen LogP contribution < -0.4 is 5.32 Å². The molecule has 0 unspecified atom stereocenters. The zero-order chi connectivity index (χ0) is 13.1. The van der Waals surface area contributed by atoms with Gasteiger partial charge in [-0.15, -0.1) is 0 Å². The van der Waals surface area contributed by atoms with Crippen molar-refractivity contribution < 1.29 is 4.79 Å². The van der Waals surface area contributed by atoms with Crippen LogP contribution in [0.2, 0.25) is 0 Å². The van der Waals surface area contributed by atoms with Crippen LogP contribution in [0.15, 0.2) is 41.1 Å². The van der Waals surface area contributed by atoms with Crippen LogP contribution in [-0.2, 0) is 0 Å². The Hall–Kier alpha value is -0.950. The maximum Gasteiger partial charge on any atom is 0.255 e. The third-order valence-electron chi connectivity index (χ3n) is 2.36. The summed E-state index contributed by atoms with van der Waals surface area (Å²) >= 11 is 5.51. The Morgan fingerprint density at radius 1 is 1.39 bits per heavy atom. The van der Waals surface area contributed by atoms with E-state index in [1.165, 1.54) is 0 Å². The fourth-order valence-electron chi connectivity index (χ4n) is 1.46. The van der Waals surface area contributed by atoms with E-state index in [1.807, 2.05) is 31.2 Å². The van der Waals surface area contributed by atoms with E-state index in [9.17, 15) is 4.79 Å². The van der Waals surface area contributed by atoms with Crippen LogP contribution in [0, 0.1) is 10.5 Å². The molecule has 1 aromatic heterocycles. The Bertz CT molecular complexity index is 601. The summed E-state index contributed by atoms with van der Waals surface area (Å²) in [5.74, 6) is -0.128. The van der Waals surface area contributed by atoms with E-state index in [0.717, 1.165) is 13.7 Å². The Balaban J connectivity index is 2.18. The number of halogens is 2. The molecular weight excluding hydrogens is 407 g/mol. The summed E-state index contributed by atoms with van der Waals surface area (Å²) in [5, 5.41) is 2.83. The number of aryl methyl sites for hydroxylation is 1. The van der Waals surface area contributed by atoms with Crippen molar-refractivity contribution in [2.45, 2.75) is 6.92 Å². The first-order valence-electron chi connectivity index (χ1n) is 5.25. The first-order chi connectivity index (χ1) is 8.56. The second-order valence-electron chi connectivity index (χ2n) is 3.80. The van der Waals surface area contributed by atoms with E-state index in [0.29, 0.717) is 11.3 Å². The second-order valence-corrected chi connectivity index (χ2v) is 5.79. The molecule has 0 aliphatic heterocycles. The SMILES string of the molecule is Cc1cc(NC(=O)c2cccc(I)c2)cnc1Br. The number of amides is 1. The molecule has 0 saturated heterocycles. The summed E-state index contributed by atoms with van der Waals surface area (Å²) in [6, 6.07) is 9.32. The highest BCUT2D eigenvalue weighted by atomic mass is 127. The number of carbonyl (C=O) groups is 1. The number of nitrogens with zero attached hydrogens (tertiary/aromatic N) is 1. The summed E-state index contributed by atoms with van der Waals surface area (Å²) in [4.78, 5) is 16.2. The van der Waals surface area contributed by atoms with Crippen LogP contribution >= 0.6 is 38.5 Å². The van der Waals surface area contributed by atoms with Crippen molar-refractivity contribution in [3.63, 3.8) is 0 Å². The molecule has 0 radical (unpaired) electrons. The van der Waals surface area contributed by atoms with Crippen molar-refractivity contribution in [3.05, 3.63) is 55.8 Å². The molecule has 5 heteroatoms. The molecule has 18 heavy (non-hydrogen) atoms. The first-order valence-corrected chi connectivity index (χ1v) is 7.12. The van der Waals surface area contributed by atoms with Gasteiger partial charge in [0.2, 0.25) is 0 Å². The van der Waals surface area contributed by atoms with Crippen LogP contribution in [0.25, 0.3) is 0 Å². The van der Waals surface area contributed by atoms with Crippen LogP contribution in [0.4, 0.5) is 5.69 Å². The van der Waals surface area contributed by atoms with Gasteiger partial charge < -0.3 is 5.32 Å². The largest absolute Gasteiger partial charge is 0.321 e. The summed E-state index contributed by atoms with van der Waals surface area (Å²) in [6.45, 7) is 1.93. The minimum atomic E-state index is -0.128. The molecule has 2 rings (SSSR count). The van der Waals surface area contributed by atoms with E-state index in [2.05, 4.69) is 48.8 Å². The van der Waals surface area contributed by atoms with Gasteiger partial charge in [-0.05, 0) is 75.3 Å². The molecule has 92 valence electrons. The predicted octanol–water partition coefficient (Wildman–Crippen LogP) is 4.01. The van der Waals surface area contributed by atoms with Crippen molar-refractivity contribution in [3.8, 4) is 0 Å². The molecule has 0 saturated carbocycles. The molecule has 0 spiro atoms. The number of benzene rings is 1. The van der Waals surface area contributed by atoms with Crippen LogP contribution in [0.5, 0.6) is 0 Å². The average molecular weight is 417 g/mol. The molecule has 1 N–H and O–H groups in total. The second kappa shape index (κ2) is 5.79. The molecule has 1 aromatic carbocycles. The highest BCUT2D eigenvalue weighted by molar-refractivity contribution is 14.1. The van der Waals surface area contributed by atoms with Gasteiger partial charge >= 0.3 is 0 Å². The maximum absolute atomic E-state index is 12.0. The average Bonchev–Trinajstić information content (AvgIpc) is 2.34. The normalized spacial score (nSPS) is 10.2. The van der Waals surface area contributed by atoms with E-state index in [1.54, 1.807) is 12.3 Å². The topological polar surface area (TPSA) is 42.0 Å². The van der Waals surface area contributed by atoms with Gasteiger partial charge in [-0.25, -0.2) is 4.98 Å². The van der Waals surface area contributed by atoms with E-state index >= 15 is 0 Å². The minimum Gasteiger partial charge on any atom is -0.321 e. The number of carbonyl (C=O) groups excluding carboxylic acids is 1. The Kier molecular flexibility index (Phi) is 4.34. The molecule has 1 amide bonds. The fourth-order valence-corrected chi connectivity index (χ4v) is 2.22. The van der Waals surface area contributed by atoms with E-state index < -0.39 is 0 Å². The lowest BCUT2D eigenvalue weighted by Crippen LogP contribution is -2.12. The van der Waals surface area contributed by atoms with E-state index in [-0.39, 0.29) is 5.91 Å². The quantitative estimate of drug-likeness (QED) is 0.593. The molecule has 0 bridgehead atoms. The standard InChI is InChI=1S/C13H10BrIN2O/c1-8-5-11(7-16-12(8)14)17-13(18)9-3-2-4-10(15)6-9/h2-7H,1H3,(H,17,18). The monoisotopic (exact) mass is 416 g/mol. The fraction of sp³-hybridized carbons (Fsp3) is 0.0769. The molecular formula is C13H10BrIN2O. The van der Waals surface area contributed by atoms with Gasteiger partial charge in [0.1, 0.15) is 4.60 Å². The lowest BCUT2D eigenvalue weighted by molar-refractivity contribution is 0.102. The van der Waals surface area contributed by atoms with Gasteiger partial charge in [-0.2, -0.15) is 0 Å². The summed E-state index contributed by atoms with van der Waals surface area (Å²) in [6.07, 6.45) is 1.63. The van der Waals surface area contributed by atoms with Gasteiger partial charge in [0.25, 0.3) is 5.91 Å². The third-order valence-corrected chi connectivity index (χ3v) is 3.86. The number of hydrogen-bond donors (Lipinski definition) is 1. The van der Waals surface area contributed by atoms with Gasteiger partial charge in [0, 0.05) is 9.13 Å². The van der Waals surface area contributed by atoms with Crippen molar-refractivity contribution in [2.24, 2.45) is 0 Å². The molecule has 3 nitrogen and oxygen atoms in total. The molecule has 0 fully saturated rings. The van der Waals surface area contributed by atoms with Gasteiger partial charge in [-0.1, -0.05) is 6.07 Å². The molecule has 0 atom stereocenters.